The van der Waals surface area contributed by atoms with Gasteiger partial charge in [0, 0.05) is 0 Å². The van der Waals surface area contributed by atoms with E-state index in [2.05, 4.69) is 97.1 Å². The summed E-state index contributed by atoms with van der Waals surface area (Å²) in [7, 11) is 0. The number of fused-ring (bicyclic) bond motifs is 2. The summed E-state index contributed by atoms with van der Waals surface area (Å²) in [6.07, 6.45) is 4.39. The quantitative estimate of drug-likeness (QED) is 0.385. The van der Waals surface area contributed by atoms with E-state index in [0.717, 1.165) is 0 Å². The molecule has 0 saturated carbocycles. The van der Waals surface area contributed by atoms with Gasteiger partial charge >= 0.3 is 0 Å². The smallest absolute Gasteiger partial charge is 0.0111 e. The standard InChI is InChI=1S/C22H16/c1-2-8-21-16-17(12-14-18(21)6-1)13-15-20-10-5-9-19-7-3-4-11-22(19)20/h1-16H. The predicted molar refractivity (Wildman–Crippen MR) is 96.8 cm³/mol. The van der Waals surface area contributed by atoms with Crippen LogP contribution in [-0.4, -0.2) is 0 Å². The Kier molecular flexibility index (Phi) is 3.21. The van der Waals surface area contributed by atoms with Crippen LogP contribution in [0.25, 0.3) is 33.7 Å². The third-order valence-electron chi connectivity index (χ3n) is 4.05. The molecule has 0 aliphatic heterocycles. The molecule has 0 nitrogen and oxygen atoms in total. The molecule has 0 heterocycles. The van der Waals surface area contributed by atoms with Crippen LogP contribution in [0.4, 0.5) is 0 Å². The average Bonchev–Trinajstić information content (AvgIpc) is 2.60. The summed E-state index contributed by atoms with van der Waals surface area (Å²) in [5, 5.41) is 5.14. The fourth-order valence-electron chi connectivity index (χ4n) is 2.89. The summed E-state index contributed by atoms with van der Waals surface area (Å²) < 4.78 is 0. The first-order chi connectivity index (χ1) is 10.9. The molecule has 4 aromatic carbocycles. The molecule has 0 unspecified atom stereocenters. The first-order valence-corrected chi connectivity index (χ1v) is 7.55. The minimum Gasteiger partial charge on any atom is -0.0616 e. The second-order valence-electron chi connectivity index (χ2n) is 5.51. The Labute approximate surface area is 130 Å². The van der Waals surface area contributed by atoms with E-state index in [1.165, 1.54) is 32.7 Å². The van der Waals surface area contributed by atoms with E-state index < -0.39 is 0 Å². The van der Waals surface area contributed by atoms with E-state index in [9.17, 15) is 0 Å². The first-order valence-electron chi connectivity index (χ1n) is 7.55. The topological polar surface area (TPSA) is 0 Å². The summed E-state index contributed by atoms with van der Waals surface area (Å²) in [6, 6.07) is 30.0. The highest BCUT2D eigenvalue weighted by Gasteiger charge is 1.97. The van der Waals surface area contributed by atoms with Crippen LogP contribution in [0.5, 0.6) is 0 Å². The van der Waals surface area contributed by atoms with Crippen molar-refractivity contribution >= 4 is 33.7 Å². The maximum atomic E-state index is 2.23. The third-order valence-corrected chi connectivity index (χ3v) is 4.05. The van der Waals surface area contributed by atoms with Gasteiger partial charge in [-0.1, -0.05) is 91.0 Å². The number of rotatable bonds is 2. The third kappa shape index (κ3) is 2.40. The van der Waals surface area contributed by atoms with Gasteiger partial charge in [-0.3, -0.25) is 0 Å². The SMILES string of the molecule is C(=Cc1cccc2ccccc12)c1ccc2ccccc2c1. The average molecular weight is 280 g/mol. The van der Waals surface area contributed by atoms with Gasteiger partial charge in [0.2, 0.25) is 0 Å². The number of hydrogen-bond acceptors (Lipinski definition) is 0. The zero-order chi connectivity index (χ0) is 14.8. The highest BCUT2D eigenvalue weighted by Crippen LogP contribution is 2.22. The molecule has 0 fully saturated rings. The Morgan fingerprint density at radius 3 is 2.14 bits per heavy atom. The Hall–Kier alpha value is -2.86. The molecular formula is C22H16. The highest BCUT2D eigenvalue weighted by molar-refractivity contribution is 5.93. The lowest BCUT2D eigenvalue weighted by atomic mass is 10.0. The molecular weight excluding hydrogens is 264 g/mol. The molecule has 0 aromatic heterocycles. The lowest BCUT2D eigenvalue weighted by molar-refractivity contribution is 1.70. The zero-order valence-electron chi connectivity index (χ0n) is 12.2. The molecule has 0 N–H and O–H groups in total. The van der Waals surface area contributed by atoms with Crippen LogP contribution >= 0.6 is 0 Å². The number of benzene rings is 4. The Morgan fingerprint density at radius 2 is 1.23 bits per heavy atom. The molecule has 0 saturated heterocycles. The largest absolute Gasteiger partial charge is 0.0616 e. The Balaban J connectivity index is 1.75. The summed E-state index contributed by atoms with van der Waals surface area (Å²) >= 11 is 0. The molecule has 4 rings (SSSR count). The van der Waals surface area contributed by atoms with Crippen LogP contribution in [0, 0.1) is 0 Å². The van der Waals surface area contributed by atoms with Gasteiger partial charge in [0.05, 0.1) is 0 Å². The zero-order valence-corrected chi connectivity index (χ0v) is 12.2. The minimum atomic E-state index is 1.23. The van der Waals surface area contributed by atoms with E-state index in [1.54, 1.807) is 0 Å². The van der Waals surface area contributed by atoms with E-state index >= 15 is 0 Å². The van der Waals surface area contributed by atoms with Crippen molar-refractivity contribution in [1.29, 1.82) is 0 Å². The van der Waals surface area contributed by atoms with Gasteiger partial charge in [0.15, 0.2) is 0 Å². The van der Waals surface area contributed by atoms with Crippen molar-refractivity contribution in [2.24, 2.45) is 0 Å². The van der Waals surface area contributed by atoms with E-state index in [4.69, 9.17) is 0 Å². The van der Waals surface area contributed by atoms with Gasteiger partial charge in [0.25, 0.3) is 0 Å². The number of hydrogen-bond donors (Lipinski definition) is 0. The van der Waals surface area contributed by atoms with Crippen LogP contribution in [0.3, 0.4) is 0 Å². The van der Waals surface area contributed by atoms with Crippen molar-refractivity contribution < 1.29 is 0 Å². The van der Waals surface area contributed by atoms with E-state index in [-0.39, 0.29) is 0 Å². The molecule has 0 heteroatoms. The molecule has 0 aliphatic rings. The maximum absolute atomic E-state index is 2.23. The predicted octanol–water partition coefficient (Wildman–Crippen LogP) is 6.16. The van der Waals surface area contributed by atoms with Crippen LogP contribution < -0.4 is 0 Å². The molecule has 104 valence electrons. The summed E-state index contributed by atoms with van der Waals surface area (Å²) in [6.45, 7) is 0. The van der Waals surface area contributed by atoms with Crippen LogP contribution in [0.1, 0.15) is 11.1 Å². The molecule has 0 bridgehead atoms. The highest BCUT2D eigenvalue weighted by atomic mass is 14.0. The monoisotopic (exact) mass is 280 g/mol. The summed E-state index contributed by atoms with van der Waals surface area (Å²) in [4.78, 5) is 0. The second-order valence-corrected chi connectivity index (χ2v) is 5.51. The van der Waals surface area contributed by atoms with Crippen molar-refractivity contribution in [2.45, 2.75) is 0 Å². The molecule has 4 aromatic rings. The fraction of sp³-hybridized carbons (Fsp3) is 0. The molecule has 0 atom stereocenters. The van der Waals surface area contributed by atoms with E-state index in [0.29, 0.717) is 0 Å². The molecule has 0 amide bonds. The first kappa shape index (κ1) is 12.8. The van der Waals surface area contributed by atoms with Crippen molar-refractivity contribution in [3.8, 4) is 0 Å². The van der Waals surface area contributed by atoms with E-state index in [1.807, 2.05) is 0 Å². The van der Waals surface area contributed by atoms with Crippen molar-refractivity contribution in [3.05, 3.63) is 96.1 Å². The van der Waals surface area contributed by atoms with Gasteiger partial charge in [-0.15, -0.1) is 0 Å². The van der Waals surface area contributed by atoms with Gasteiger partial charge in [0.1, 0.15) is 0 Å². The van der Waals surface area contributed by atoms with Crippen LogP contribution in [-0.2, 0) is 0 Å². The minimum absolute atomic E-state index is 1.23. The van der Waals surface area contributed by atoms with Crippen LogP contribution in [0.2, 0.25) is 0 Å². The molecule has 0 spiro atoms. The molecule has 0 aliphatic carbocycles. The summed E-state index contributed by atoms with van der Waals surface area (Å²) in [5.74, 6) is 0. The van der Waals surface area contributed by atoms with Gasteiger partial charge in [-0.2, -0.15) is 0 Å². The van der Waals surface area contributed by atoms with Crippen molar-refractivity contribution in [1.82, 2.24) is 0 Å². The Bertz CT molecular complexity index is 972. The van der Waals surface area contributed by atoms with Crippen LogP contribution in [0.15, 0.2) is 84.9 Å². The van der Waals surface area contributed by atoms with Crippen molar-refractivity contribution in [2.75, 3.05) is 0 Å². The molecule has 22 heavy (non-hydrogen) atoms. The van der Waals surface area contributed by atoms with Gasteiger partial charge in [-0.05, 0) is 38.7 Å². The summed E-state index contributed by atoms with van der Waals surface area (Å²) in [5.41, 5.74) is 2.48. The Morgan fingerprint density at radius 1 is 0.500 bits per heavy atom. The fourth-order valence-corrected chi connectivity index (χ4v) is 2.89. The van der Waals surface area contributed by atoms with Gasteiger partial charge in [-0.25, -0.2) is 0 Å². The van der Waals surface area contributed by atoms with Gasteiger partial charge < -0.3 is 0 Å². The lowest BCUT2D eigenvalue weighted by Crippen LogP contribution is -1.78. The van der Waals surface area contributed by atoms with Crippen molar-refractivity contribution in [3.63, 3.8) is 0 Å². The lowest BCUT2D eigenvalue weighted by Gasteiger charge is -2.02. The molecule has 0 radical (unpaired) electrons. The second kappa shape index (κ2) is 5.50. The normalized spacial score (nSPS) is 11.5. The maximum Gasteiger partial charge on any atom is -0.0111 e.